The lowest BCUT2D eigenvalue weighted by Crippen LogP contribution is -2.52. The highest BCUT2D eigenvalue weighted by Crippen LogP contribution is 2.32. The molecule has 1 saturated heterocycles. The summed E-state index contributed by atoms with van der Waals surface area (Å²) in [6.07, 6.45) is 0.0698. The fourth-order valence-corrected chi connectivity index (χ4v) is 3.87. The highest BCUT2D eigenvalue weighted by molar-refractivity contribution is 7.99. The van der Waals surface area contributed by atoms with Gasteiger partial charge in [-0.1, -0.05) is 36.2 Å². The van der Waals surface area contributed by atoms with Gasteiger partial charge in [-0.3, -0.25) is 9.59 Å². The molecular formula is C17H22Cl2N2O3S. The van der Waals surface area contributed by atoms with Crippen LogP contribution in [0.5, 0.6) is 5.75 Å². The van der Waals surface area contributed by atoms with Crippen molar-refractivity contribution in [3.8, 4) is 5.75 Å². The van der Waals surface area contributed by atoms with Gasteiger partial charge in [0.15, 0.2) is 6.10 Å². The summed E-state index contributed by atoms with van der Waals surface area (Å²) in [5.74, 6) is 1.03. The normalized spacial score (nSPS) is 19.4. The van der Waals surface area contributed by atoms with Crippen molar-refractivity contribution < 1.29 is 14.3 Å². The zero-order chi connectivity index (χ0) is 18.6. The van der Waals surface area contributed by atoms with E-state index in [9.17, 15) is 9.59 Å². The van der Waals surface area contributed by atoms with Crippen molar-refractivity contribution in [1.29, 1.82) is 0 Å². The van der Waals surface area contributed by atoms with Gasteiger partial charge in [0.2, 0.25) is 5.91 Å². The second kappa shape index (κ2) is 9.01. The molecule has 2 rings (SSSR count). The van der Waals surface area contributed by atoms with E-state index in [1.807, 2.05) is 13.8 Å². The number of thioether (sulfide) groups is 1. The molecule has 3 atom stereocenters. The number of carbonyl (C=O) groups is 2. The largest absolute Gasteiger partial charge is 0.479 e. The Hall–Kier alpha value is -1.11. The summed E-state index contributed by atoms with van der Waals surface area (Å²) in [6.45, 7) is 5.59. The summed E-state index contributed by atoms with van der Waals surface area (Å²) in [5, 5.41) is 3.57. The van der Waals surface area contributed by atoms with Crippen molar-refractivity contribution >= 4 is 46.8 Å². The average molecular weight is 405 g/mol. The molecule has 1 aliphatic rings. The number of rotatable bonds is 6. The zero-order valence-electron chi connectivity index (χ0n) is 14.4. The number of ether oxygens (including phenoxy) is 1. The summed E-state index contributed by atoms with van der Waals surface area (Å²) in [6, 6.07) is 4.61. The van der Waals surface area contributed by atoms with Gasteiger partial charge >= 0.3 is 0 Å². The SMILES string of the molecule is CCC(C)NC(=O)C1CSCN1C(=O)C(C)Oc1cccc(Cl)c1Cl. The third-order valence-electron chi connectivity index (χ3n) is 4.04. The van der Waals surface area contributed by atoms with Gasteiger partial charge in [-0.25, -0.2) is 0 Å². The molecule has 1 N–H and O–H groups in total. The van der Waals surface area contributed by atoms with E-state index >= 15 is 0 Å². The summed E-state index contributed by atoms with van der Waals surface area (Å²) < 4.78 is 5.68. The van der Waals surface area contributed by atoms with Crippen LogP contribution in [0.3, 0.4) is 0 Å². The third kappa shape index (κ3) is 4.96. The van der Waals surface area contributed by atoms with Crippen LogP contribution in [0, 0.1) is 0 Å². The smallest absolute Gasteiger partial charge is 0.264 e. The molecule has 5 nitrogen and oxygen atoms in total. The number of hydrogen-bond donors (Lipinski definition) is 1. The van der Waals surface area contributed by atoms with Crippen molar-refractivity contribution in [2.45, 2.75) is 45.4 Å². The molecule has 1 fully saturated rings. The van der Waals surface area contributed by atoms with E-state index < -0.39 is 12.1 Å². The molecule has 1 heterocycles. The van der Waals surface area contributed by atoms with Crippen LogP contribution >= 0.6 is 35.0 Å². The van der Waals surface area contributed by atoms with E-state index in [0.29, 0.717) is 22.4 Å². The predicted octanol–water partition coefficient (Wildman–Crippen LogP) is 3.58. The lowest BCUT2D eigenvalue weighted by atomic mass is 10.2. The molecule has 3 unspecified atom stereocenters. The molecule has 138 valence electrons. The Labute approximate surface area is 162 Å². The number of carbonyl (C=O) groups excluding carboxylic acids is 2. The van der Waals surface area contributed by atoms with E-state index in [1.165, 1.54) is 0 Å². The number of hydrogen-bond acceptors (Lipinski definition) is 4. The molecule has 0 radical (unpaired) electrons. The van der Waals surface area contributed by atoms with Gasteiger partial charge in [-0.05, 0) is 32.4 Å². The third-order valence-corrected chi connectivity index (χ3v) is 5.85. The van der Waals surface area contributed by atoms with Gasteiger partial charge in [-0.15, -0.1) is 11.8 Å². The Morgan fingerprint density at radius 2 is 2.12 bits per heavy atom. The average Bonchev–Trinajstić information content (AvgIpc) is 3.07. The maximum Gasteiger partial charge on any atom is 0.264 e. The van der Waals surface area contributed by atoms with Gasteiger partial charge in [0, 0.05) is 11.8 Å². The van der Waals surface area contributed by atoms with E-state index in [0.717, 1.165) is 6.42 Å². The Morgan fingerprint density at radius 1 is 1.40 bits per heavy atom. The first-order valence-corrected chi connectivity index (χ1v) is 10.1. The van der Waals surface area contributed by atoms with Crippen molar-refractivity contribution in [3.05, 3.63) is 28.2 Å². The van der Waals surface area contributed by atoms with Crippen molar-refractivity contribution in [1.82, 2.24) is 10.2 Å². The summed E-state index contributed by atoms with van der Waals surface area (Å²) in [5.41, 5.74) is 0. The second-order valence-corrected chi connectivity index (χ2v) is 7.74. The molecule has 2 amide bonds. The lowest BCUT2D eigenvalue weighted by Gasteiger charge is -2.27. The summed E-state index contributed by atoms with van der Waals surface area (Å²) in [4.78, 5) is 26.7. The standard InChI is InChI=1S/C17H22Cl2N2O3S/c1-4-10(2)20-16(22)13-8-25-9-21(13)17(23)11(3)24-14-7-5-6-12(18)15(14)19/h5-7,10-11,13H,4,8-9H2,1-3H3,(H,20,22). The first-order chi connectivity index (χ1) is 11.8. The molecule has 0 spiro atoms. The van der Waals surface area contributed by atoms with Crippen molar-refractivity contribution in [3.63, 3.8) is 0 Å². The van der Waals surface area contributed by atoms with Gasteiger partial charge in [0.05, 0.1) is 10.9 Å². The molecule has 0 saturated carbocycles. The molecule has 25 heavy (non-hydrogen) atoms. The molecule has 1 aliphatic heterocycles. The van der Waals surface area contributed by atoms with Gasteiger partial charge in [-0.2, -0.15) is 0 Å². The Balaban J connectivity index is 2.05. The van der Waals surface area contributed by atoms with Crippen LogP contribution in [0.25, 0.3) is 0 Å². The number of amides is 2. The number of nitrogens with one attached hydrogen (secondary N) is 1. The maximum absolute atomic E-state index is 12.7. The molecule has 8 heteroatoms. The van der Waals surface area contributed by atoms with Crippen LogP contribution in [-0.4, -0.2) is 46.5 Å². The van der Waals surface area contributed by atoms with Crippen LogP contribution in [0.15, 0.2) is 18.2 Å². The monoisotopic (exact) mass is 404 g/mol. The molecule has 0 bridgehead atoms. The van der Waals surface area contributed by atoms with Crippen LogP contribution in [0.4, 0.5) is 0 Å². The molecule has 1 aromatic carbocycles. The minimum Gasteiger partial charge on any atom is -0.479 e. The minimum absolute atomic E-state index is 0.0778. The Kier molecular flexibility index (Phi) is 7.28. The Bertz CT molecular complexity index is 644. The highest BCUT2D eigenvalue weighted by atomic mass is 35.5. The maximum atomic E-state index is 12.7. The van der Waals surface area contributed by atoms with Crippen LogP contribution in [0.1, 0.15) is 27.2 Å². The molecular weight excluding hydrogens is 383 g/mol. The number of halogens is 2. The molecule has 0 aliphatic carbocycles. The fourth-order valence-electron chi connectivity index (χ4n) is 2.37. The van der Waals surface area contributed by atoms with E-state index in [2.05, 4.69) is 5.32 Å². The first kappa shape index (κ1) is 20.2. The lowest BCUT2D eigenvalue weighted by molar-refractivity contribution is -0.143. The van der Waals surface area contributed by atoms with Crippen LogP contribution < -0.4 is 10.1 Å². The van der Waals surface area contributed by atoms with E-state index in [-0.39, 0.29) is 22.9 Å². The van der Waals surface area contributed by atoms with Crippen LogP contribution in [0.2, 0.25) is 10.0 Å². The zero-order valence-corrected chi connectivity index (χ0v) is 16.7. The van der Waals surface area contributed by atoms with Gasteiger partial charge in [0.25, 0.3) is 5.91 Å². The summed E-state index contributed by atoms with van der Waals surface area (Å²) >= 11 is 13.6. The Morgan fingerprint density at radius 3 is 2.80 bits per heavy atom. The first-order valence-electron chi connectivity index (χ1n) is 8.14. The number of benzene rings is 1. The highest BCUT2D eigenvalue weighted by Gasteiger charge is 2.37. The van der Waals surface area contributed by atoms with Crippen molar-refractivity contribution in [2.75, 3.05) is 11.6 Å². The predicted molar refractivity (Wildman–Crippen MR) is 102 cm³/mol. The minimum atomic E-state index is -0.770. The number of nitrogens with zero attached hydrogens (tertiary/aromatic N) is 1. The van der Waals surface area contributed by atoms with Gasteiger partial charge < -0.3 is 15.0 Å². The second-order valence-electron chi connectivity index (χ2n) is 5.95. The summed E-state index contributed by atoms with van der Waals surface area (Å²) in [7, 11) is 0. The quantitative estimate of drug-likeness (QED) is 0.786. The van der Waals surface area contributed by atoms with Crippen LogP contribution in [-0.2, 0) is 9.59 Å². The van der Waals surface area contributed by atoms with Gasteiger partial charge in [0.1, 0.15) is 16.8 Å². The fraction of sp³-hybridized carbons (Fsp3) is 0.529. The van der Waals surface area contributed by atoms with Crippen molar-refractivity contribution in [2.24, 2.45) is 0 Å². The topological polar surface area (TPSA) is 58.6 Å². The molecule has 1 aromatic rings. The van der Waals surface area contributed by atoms with E-state index in [4.69, 9.17) is 27.9 Å². The molecule has 0 aromatic heterocycles. The van der Waals surface area contributed by atoms with E-state index in [1.54, 1.807) is 41.8 Å².